The molecule has 1 fully saturated rings. The Bertz CT molecular complexity index is 972. The van der Waals surface area contributed by atoms with Gasteiger partial charge in [0.1, 0.15) is 11.9 Å². The van der Waals surface area contributed by atoms with E-state index in [0.717, 1.165) is 16.8 Å². The number of benzene rings is 1. The fraction of sp³-hybridized carbons (Fsp3) is 0.435. The molecule has 1 aromatic carbocycles. The molecule has 2 amide bonds. The van der Waals surface area contributed by atoms with Crippen molar-refractivity contribution in [3.63, 3.8) is 0 Å². The summed E-state index contributed by atoms with van der Waals surface area (Å²) in [5.74, 6) is 0.350. The van der Waals surface area contributed by atoms with Crippen LogP contribution in [-0.4, -0.2) is 47.0 Å². The van der Waals surface area contributed by atoms with Crippen LogP contribution in [0.3, 0.4) is 0 Å². The lowest BCUT2D eigenvalue weighted by molar-refractivity contribution is -0.132. The van der Waals surface area contributed by atoms with E-state index in [1.54, 1.807) is 0 Å². The molecule has 2 aromatic rings. The van der Waals surface area contributed by atoms with Crippen LogP contribution in [-0.2, 0) is 16.1 Å². The van der Waals surface area contributed by atoms with E-state index < -0.39 is 0 Å². The van der Waals surface area contributed by atoms with Crippen molar-refractivity contribution in [2.24, 2.45) is 5.92 Å². The van der Waals surface area contributed by atoms with Crippen molar-refractivity contribution in [2.45, 2.75) is 40.3 Å². The highest BCUT2D eigenvalue weighted by Crippen LogP contribution is 2.27. The minimum Gasteiger partial charge on any atom is -0.353 e. The van der Waals surface area contributed by atoms with Gasteiger partial charge < -0.3 is 15.2 Å². The number of piperazine rings is 1. The first-order valence-electron chi connectivity index (χ1n) is 10.3. The highest BCUT2D eigenvalue weighted by Gasteiger charge is 2.33. The van der Waals surface area contributed by atoms with Crippen LogP contribution < -0.4 is 10.6 Å². The third kappa shape index (κ3) is 4.39. The first-order chi connectivity index (χ1) is 14.3. The zero-order valence-corrected chi connectivity index (χ0v) is 18.0. The van der Waals surface area contributed by atoms with Gasteiger partial charge in [-0.05, 0) is 30.9 Å². The molecule has 1 aromatic heterocycles. The molecule has 1 saturated heterocycles. The van der Waals surface area contributed by atoms with Crippen LogP contribution in [0, 0.1) is 31.1 Å². The predicted octanol–water partition coefficient (Wildman–Crippen LogP) is 2.42. The first-order valence-corrected chi connectivity index (χ1v) is 10.3. The van der Waals surface area contributed by atoms with Gasteiger partial charge in [-0.15, -0.1) is 0 Å². The lowest BCUT2D eigenvalue weighted by Crippen LogP contribution is -2.58. The minimum atomic E-state index is -0.334. The Morgan fingerprint density at radius 2 is 2.00 bits per heavy atom. The van der Waals surface area contributed by atoms with Crippen molar-refractivity contribution in [3.05, 3.63) is 52.7 Å². The molecule has 0 spiro atoms. The lowest BCUT2D eigenvalue weighted by atomic mass is 10.00. The second-order valence-corrected chi connectivity index (χ2v) is 8.12. The van der Waals surface area contributed by atoms with Crippen molar-refractivity contribution >= 4 is 17.6 Å². The van der Waals surface area contributed by atoms with E-state index in [1.807, 2.05) is 67.5 Å². The molecule has 158 valence electrons. The molecule has 0 bridgehead atoms. The number of hydrogen-bond donors (Lipinski definition) is 2. The second-order valence-electron chi connectivity index (χ2n) is 8.12. The van der Waals surface area contributed by atoms with E-state index in [9.17, 15) is 14.9 Å². The summed E-state index contributed by atoms with van der Waals surface area (Å²) in [4.78, 5) is 27.1. The Morgan fingerprint density at radius 1 is 1.30 bits per heavy atom. The molecule has 2 N–H and O–H groups in total. The number of rotatable bonds is 6. The van der Waals surface area contributed by atoms with Crippen LogP contribution in [0.25, 0.3) is 0 Å². The van der Waals surface area contributed by atoms with E-state index in [1.165, 1.54) is 0 Å². The Balaban J connectivity index is 1.85. The topological polar surface area (TPSA) is 90.2 Å². The number of aromatic nitrogens is 1. The highest BCUT2D eigenvalue weighted by atomic mass is 16.2. The molecular formula is C23H29N5O2. The van der Waals surface area contributed by atoms with Gasteiger partial charge in [0.2, 0.25) is 11.8 Å². The molecule has 1 unspecified atom stereocenters. The molecular weight excluding hydrogens is 378 g/mol. The van der Waals surface area contributed by atoms with Gasteiger partial charge in [0, 0.05) is 25.3 Å². The van der Waals surface area contributed by atoms with Crippen molar-refractivity contribution in [1.29, 1.82) is 5.26 Å². The van der Waals surface area contributed by atoms with Crippen LogP contribution in [0.5, 0.6) is 0 Å². The molecule has 0 radical (unpaired) electrons. The molecule has 1 aliphatic heterocycles. The summed E-state index contributed by atoms with van der Waals surface area (Å²) in [5, 5.41) is 15.5. The maximum atomic E-state index is 12.9. The van der Waals surface area contributed by atoms with Crippen molar-refractivity contribution in [2.75, 3.05) is 25.0 Å². The van der Waals surface area contributed by atoms with Gasteiger partial charge in [-0.3, -0.25) is 14.5 Å². The maximum absolute atomic E-state index is 12.9. The Morgan fingerprint density at radius 3 is 2.63 bits per heavy atom. The molecule has 7 nitrogen and oxygen atoms in total. The van der Waals surface area contributed by atoms with Gasteiger partial charge in [-0.1, -0.05) is 44.2 Å². The minimum absolute atomic E-state index is 0.0408. The maximum Gasteiger partial charge on any atom is 0.239 e. The summed E-state index contributed by atoms with van der Waals surface area (Å²) in [6, 6.07) is 11.8. The largest absolute Gasteiger partial charge is 0.353 e. The SMILES string of the molecule is Cc1c(C#N)c(NC(=O)CN2CCNC(=O)C2C(C)C)n(Cc2ccccc2)c1C. The smallest absolute Gasteiger partial charge is 0.239 e. The molecule has 0 saturated carbocycles. The van der Waals surface area contributed by atoms with Gasteiger partial charge in [0.05, 0.1) is 18.2 Å². The van der Waals surface area contributed by atoms with E-state index >= 15 is 0 Å². The normalized spacial score (nSPS) is 16.9. The average molecular weight is 408 g/mol. The zero-order valence-electron chi connectivity index (χ0n) is 18.0. The Kier molecular flexibility index (Phi) is 6.58. The van der Waals surface area contributed by atoms with Crippen LogP contribution in [0.2, 0.25) is 0 Å². The number of amides is 2. The molecule has 1 aliphatic rings. The number of anilines is 1. The lowest BCUT2D eigenvalue weighted by Gasteiger charge is -2.36. The van der Waals surface area contributed by atoms with Crippen molar-refractivity contribution in [3.8, 4) is 6.07 Å². The highest BCUT2D eigenvalue weighted by molar-refractivity contribution is 5.94. The molecule has 1 atom stereocenters. The predicted molar refractivity (Wildman–Crippen MR) is 116 cm³/mol. The number of carbonyl (C=O) groups excluding carboxylic acids is 2. The summed E-state index contributed by atoms with van der Waals surface area (Å²) in [7, 11) is 0. The Labute approximate surface area is 177 Å². The van der Waals surface area contributed by atoms with Crippen LogP contribution >= 0.6 is 0 Å². The second kappa shape index (κ2) is 9.14. The summed E-state index contributed by atoms with van der Waals surface area (Å²) < 4.78 is 1.98. The molecule has 7 heteroatoms. The number of nitriles is 1. The van der Waals surface area contributed by atoms with Gasteiger partial charge >= 0.3 is 0 Å². The van der Waals surface area contributed by atoms with Crippen LogP contribution in [0.4, 0.5) is 5.82 Å². The van der Waals surface area contributed by atoms with Crippen molar-refractivity contribution in [1.82, 2.24) is 14.8 Å². The van der Waals surface area contributed by atoms with Crippen LogP contribution in [0.15, 0.2) is 30.3 Å². The standard InChI is InChI=1S/C23H29N5O2/c1-15(2)21-23(30)25-10-11-27(21)14-20(29)26-22-19(12-24)16(3)17(4)28(22)13-18-8-6-5-7-9-18/h5-9,15,21H,10-11,13-14H2,1-4H3,(H,25,30)(H,26,29). The van der Waals surface area contributed by atoms with Gasteiger partial charge in [0.15, 0.2) is 0 Å². The van der Waals surface area contributed by atoms with E-state index in [2.05, 4.69) is 16.7 Å². The summed E-state index contributed by atoms with van der Waals surface area (Å²) in [6.45, 7) is 9.63. The van der Waals surface area contributed by atoms with E-state index in [4.69, 9.17) is 0 Å². The summed E-state index contributed by atoms with van der Waals surface area (Å²) in [5.41, 5.74) is 3.38. The number of hydrogen-bond acceptors (Lipinski definition) is 4. The summed E-state index contributed by atoms with van der Waals surface area (Å²) in [6.07, 6.45) is 0. The van der Waals surface area contributed by atoms with Crippen molar-refractivity contribution < 1.29 is 9.59 Å². The zero-order chi connectivity index (χ0) is 21.8. The van der Waals surface area contributed by atoms with Crippen LogP contribution in [0.1, 0.15) is 36.2 Å². The number of nitrogens with one attached hydrogen (secondary N) is 2. The summed E-state index contributed by atoms with van der Waals surface area (Å²) >= 11 is 0. The van der Waals surface area contributed by atoms with Gasteiger partial charge in [-0.2, -0.15) is 5.26 Å². The molecule has 0 aliphatic carbocycles. The fourth-order valence-corrected chi connectivity index (χ4v) is 4.08. The monoisotopic (exact) mass is 407 g/mol. The van der Waals surface area contributed by atoms with E-state index in [0.29, 0.717) is 31.0 Å². The van der Waals surface area contributed by atoms with Gasteiger partial charge in [-0.25, -0.2) is 0 Å². The van der Waals surface area contributed by atoms with Gasteiger partial charge in [0.25, 0.3) is 0 Å². The molecule has 3 rings (SSSR count). The fourth-order valence-electron chi connectivity index (χ4n) is 4.08. The first kappa shape index (κ1) is 21.6. The number of nitrogens with zero attached hydrogens (tertiary/aromatic N) is 3. The quantitative estimate of drug-likeness (QED) is 0.770. The molecule has 2 heterocycles. The Hall–Kier alpha value is -3.11. The molecule has 30 heavy (non-hydrogen) atoms. The van der Waals surface area contributed by atoms with E-state index in [-0.39, 0.29) is 30.3 Å². The number of carbonyl (C=O) groups is 2. The third-order valence-corrected chi connectivity index (χ3v) is 5.72. The average Bonchev–Trinajstić information content (AvgIpc) is 2.92. The third-order valence-electron chi connectivity index (χ3n) is 5.72.